The maximum atomic E-state index is 6.65. The summed E-state index contributed by atoms with van der Waals surface area (Å²) in [5, 5.41) is 7.08. The van der Waals surface area contributed by atoms with Gasteiger partial charge in [-0.3, -0.25) is 0 Å². The Morgan fingerprint density at radius 1 is 0.327 bits per heavy atom. The molecule has 0 saturated heterocycles. The Morgan fingerprint density at radius 3 is 1.55 bits per heavy atom. The molecule has 0 unspecified atom stereocenters. The second kappa shape index (κ2) is 12.6. The third-order valence-corrected chi connectivity index (χ3v) is 11.0. The fourth-order valence-electron chi connectivity index (χ4n) is 8.62. The van der Waals surface area contributed by atoms with E-state index in [0.717, 1.165) is 66.9 Å². The maximum Gasteiger partial charge on any atom is 0.143 e. The van der Waals surface area contributed by atoms with E-state index in [1.54, 1.807) is 0 Å². The molecule has 0 N–H and O–H groups in total. The number of rotatable bonds is 6. The summed E-state index contributed by atoms with van der Waals surface area (Å²) in [6.07, 6.45) is 0. The molecule has 0 spiro atoms. The van der Waals surface area contributed by atoms with Gasteiger partial charge in [0.15, 0.2) is 0 Å². The van der Waals surface area contributed by atoms with E-state index < -0.39 is 0 Å². The van der Waals surface area contributed by atoms with Gasteiger partial charge in [-0.1, -0.05) is 164 Å². The predicted molar refractivity (Wildman–Crippen MR) is 231 cm³/mol. The van der Waals surface area contributed by atoms with Crippen molar-refractivity contribution in [3.63, 3.8) is 0 Å². The highest BCUT2D eigenvalue weighted by Crippen LogP contribution is 2.49. The van der Waals surface area contributed by atoms with Gasteiger partial charge >= 0.3 is 0 Å². The summed E-state index contributed by atoms with van der Waals surface area (Å²) in [7, 11) is 0. The molecule has 0 aliphatic carbocycles. The summed E-state index contributed by atoms with van der Waals surface area (Å²) in [6.45, 7) is 0. The van der Waals surface area contributed by atoms with Crippen LogP contribution in [0.1, 0.15) is 0 Å². The fraction of sp³-hybridized carbons (Fsp3) is 0. The largest absolute Gasteiger partial charge is 0.455 e. The SMILES string of the molecule is c1ccc(N(c2ccccc2-c2cccc3c2oc2ccccc23)c2cccc3ccccc23)c(-c2ccccc2-n2c3ccccc3c3ccccc32)c1. The van der Waals surface area contributed by atoms with Gasteiger partial charge in [-0.05, 0) is 47.9 Å². The van der Waals surface area contributed by atoms with E-state index in [0.29, 0.717) is 0 Å². The minimum Gasteiger partial charge on any atom is -0.455 e. The highest BCUT2D eigenvalue weighted by Gasteiger charge is 2.25. The van der Waals surface area contributed by atoms with Crippen LogP contribution in [-0.4, -0.2) is 4.57 Å². The van der Waals surface area contributed by atoms with Gasteiger partial charge in [0.1, 0.15) is 11.2 Å². The molecule has 11 rings (SSSR count). The van der Waals surface area contributed by atoms with Gasteiger partial charge < -0.3 is 13.9 Å². The lowest BCUT2D eigenvalue weighted by molar-refractivity contribution is 0.670. The topological polar surface area (TPSA) is 21.3 Å². The van der Waals surface area contributed by atoms with Crippen LogP contribution < -0.4 is 4.90 Å². The molecule has 9 aromatic carbocycles. The summed E-state index contributed by atoms with van der Waals surface area (Å²) in [5.74, 6) is 0. The standard InChI is InChI=1S/C52H34N2O/c1-2-19-36-35(17-1)18-15-33-45(36)53(50-32-13-7-24-41(50)43-26-16-27-44-42-25-8-14-34-51(42)55-52(43)44)46-28-9-3-20-37(46)38-21-4-10-29-47(38)54-48-30-11-5-22-39(48)40-23-6-12-31-49(40)54/h1-34H. The van der Waals surface area contributed by atoms with Crippen molar-refractivity contribution in [2.24, 2.45) is 0 Å². The molecule has 11 aromatic rings. The third kappa shape index (κ3) is 4.91. The average Bonchev–Trinajstić information content (AvgIpc) is 3.80. The zero-order valence-corrected chi connectivity index (χ0v) is 29.9. The van der Waals surface area contributed by atoms with Gasteiger partial charge in [0.25, 0.3) is 0 Å². The molecule has 3 nitrogen and oxygen atoms in total. The maximum absolute atomic E-state index is 6.65. The summed E-state index contributed by atoms with van der Waals surface area (Å²) in [6, 6.07) is 74.0. The molecule has 0 aliphatic rings. The molecule has 0 aliphatic heterocycles. The minimum atomic E-state index is 0.888. The highest BCUT2D eigenvalue weighted by atomic mass is 16.3. The minimum absolute atomic E-state index is 0.888. The molecular formula is C52H34N2O. The van der Waals surface area contributed by atoms with Crippen LogP contribution in [0.25, 0.3) is 82.5 Å². The van der Waals surface area contributed by atoms with Crippen molar-refractivity contribution in [3.05, 3.63) is 206 Å². The Bertz CT molecular complexity index is 3180. The van der Waals surface area contributed by atoms with Crippen LogP contribution in [-0.2, 0) is 0 Å². The number of benzene rings is 9. The first-order valence-electron chi connectivity index (χ1n) is 18.8. The van der Waals surface area contributed by atoms with Crippen molar-refractivity contribution < 1.29 is 4.42 Å². The Balaban J connectivity index is 1.21. The summed E-state index contributed by atoms with van der Waals surface area (Å²) in [4.78, 5) is 2.46. The van der Waals surface area contributed by atoms with Gasteiger partial charge in [0.05, 0.1) is 33.8 Å². The van der Waals surface area contributed by atoms with E-state index in [2.05, 4.69) is 210 Å². The van der Waals surface area contributed by atoms with Crippen LogP contribution in [0.4, 0.5) is 17.1 Å². The van der Waals surface area contributed by atoms with E-state index in [1.165, 1.54) is 32.6 Å². The monoisotopic (exact) mass is 702 g/mol. The lowest BCUT2D eigenvalue weighted by Gasteiger charge is -2.31. The third-order valence-electron chi connectivity index (χ3n) is 11.0. The second-order valence-corrected chi connectivity index (χ2v) is 14.0. The summed E-state index contributed by atoms with van der Waals surface area (Å²) < 4.78 is 9.08. The van der Waals surface area contributed by atoms with E-state index >= 15 is 0 Å². The van der Waals surface area contributed by atoms with Crippen molar-refractivity contribution in [2.45, 2.75) is 0 Å². The highest BCUT2D eigenvalue weighted by molar-refractivity contribution is 6.13. The molecule has 3 heteroatoms. The number of para-hydroxylation sites is 7. The predicted octanol–water partition coefficient (Wildman–Crippen LogP) is 14.6. The van der Waals surface area contributed by atoms with Crippen molar-refractivity contribution in [2.75, 3.05) is 4.90 Å². The molecule has 2 heterocycles. The van der Waals surface area contributed by atoms with Crippen molar-refractivity contribution in [1.82, 2.24) is 4.57 Å². The van der Waals surface area contributed by atoms with Crippen LogP contribution in [0, 0.1) is 0 Å². The summed E-state index contributed by atoms with van der Waals surface area (Å²) >= 11 is 0. The average molecular weight is 703 g/mol. The van der Waals surface area contributed by atoms with Crippen molar-refractivity contribution in [1.29, 1.82) is 0 Å². The van der Waals surface area contributed by atoms with Crippen LogP contribution in [0.3, 0.4) is 0 Å². The van der Waals surface area contributed by atoms with Gasteiger partial charge in [0.2, 0.25) is 0 Å². The van der Waals surface area contributed by atoms with Gasteiger partial charge in [-0.15, -0.1) is 0 Å². The molecule has 0 saturated carbocycles. The number of anilines is 3. The molecule has 2 aromatic heterocycles. The first-order chi connectivity index (χ1) is 27.3. The van der Waals surface area contributed by atoms with Crippen LogP contribution in [0.2, 0.25) is 0 Å². The quantitative estimate of drug-likeness (QED) is 0.172. The lowest BCUT2D eigenvalue weighted by Crippen LogP contribution is -2.13. The zero-order chi connectivity index (χ0) is 36.3. The molecule has 0 atom stereocenters. The normalized spacial score (nSPS) is 11.6. The van der Waals surface area contributed by atoms with Crippen LogP contribution in [0.15, 0.2) is 211 Å². The fourth-order valence-corrected chi connectivity index (χ4v) is 8.62. The Morgan fingerprint density at radius 2 is 0.800 bits per heavy atom. The van der Waals surface area contributed by atoms with E-state index in [1.807, 2.05) is 6.07 Å². The second-order valence-electron chi connectivity index (χ2n) is 14.0. The van der Waals surface area contributed by atoms with Gasteiger partial charge in [-0.25, -0.2) is 0 Å². The number of nitrogens with zero attached hydrogens (tertiary/aromatic N) is 2. The smallest absolute Gasteiger partial charge is 0.143 e. The Labute approximate surface area is 318 Å². The Hall–Kier alpha value is -7.36. The molecule has 55 heavy (non-hydrogen) atoms. The number of hydrogen-bond acceptors (Lipinski definition) is 2. The van der Waals surface area contributed by atoms with E-state index in [-0.39, 0.29) is 0 Å². The van der Waals surface area contributed by atoms with E-state index in [9.17, 15) is 0 Å². The summed E-state index contributed by atoms with van der Waals surface area (Å²) in [5.41, 5.74) is 12.9. The van der Waals surface area contributed by atoms with Crippen LogP contribution in [0.5, 0.6) is 0 Å². The van der Waals surface area contributed by atoms with Crippen molar-refractivity contribution >= 4 is 71.6 Å². The number of fused-ring (bicyclic) bond motifs is 7. The lowest BCUT2D eigenvalue weighted by atomic mass is 9.96. The van der Waals surface area contributed by atoms with Gasteiger partial charge in [0, 0.05) is 49.2 Å². The van der Waals surface area contributed by atoms with Crippen molar-refractivity contribution in [3.8, 4) is 27.9 Å². The zero-order valence-electron chi connectivity index (χ0n) is 29.9. The molecule has 0 amide bonds. The molecule has 0 fully saturated rings. The van der Waals surface area contributed by atoms with Crippen LogP contribution >= 0.6 is 0 Å². The molecule has 258 valence electrons. The first kappa shape index (κ1) is 31.2. The first-order valence-corrected chi connectivity index (χ1v) is 18.8. The number of hydrogen-bond donors (Lipinski definition) is 0. The Kier molecular flexibility index (Phi) is 7.17. The van der Waals surface area contributed by atoms with Gasteiger partial charge in [-0.2, -0.15) is 0 Å². The number of aromatic nitrogens is 1. The number of furan rings is 1. The molecule has 0 radical (unpaired) electrons. The van der Waals surface area contributed by atoms with E-state index in [4.69, 9.17) is 4.42 Å². The molecule has 0 bridgehead atoms. The molecular weight excluding hydrogens is 669 g/mol.